The van der Waals surface area contributed by atoms with Crippen molar-refractivity contribution in [1.82, 2.24) is 0 Å². The van der Waals surface area contributed by atoms with Gasteiger partial charge >= 0.3 is 0 Å². The van der Waals surface area contributed by atoms with Gasteiger partial charge in [-0.2, -0.15) is 0 Å². The molecule has 0 nitrogen and oxygen atoms in total. The molecule has 0 bridgehead atoms. The molecule has 7 aromatic rings. The third kappa shape index (κ3) is 11.3. The van der Waals surface area contributed by atoms with Crippen LogP contribution in [0.15, 0.2) is 170 Å². The average molecular weight is 705 g/mol. The minimum Gasteiger partial charge on any atom is -0.358 e. The van der Waals surface area contributed by atoms with Gasteiger partial charge in [-0.15, -0.1) is 0 Å². The topological polar surface area (TPSA) is 0 Å². The van der Waals surface area contributed by atoms with Crippen LogP contribution < -0.4 is 0 Å². The fourth-order valence-corrected chi connectivity index (χ4v) is 5.28. The quantitative estimate of drug-likeness (QED) is 0.0972. The standard InChI is InChI=1S/C26H18.C14H12.3C2H6.CH3.Y/c1-3-11-19(12-4-1)25-21-15-7-9-17-23(21)26(20-13-5-2-6-14-20)24-18-10-8-16-22(24)25;1-3-7-13(8-4-1)11-12-14-9-5-2-6-10-14;3*1-2;;/h1-18H;1-12H;3*1-2H3;1H3;/q;;;;;-1;. The van der Waals surface area contributed by atoms with Crippen molar-refractivity contribution in [1.29, 1.82) is 0 Å². The molecule has 0 aliphatic rings. The van der Waals surface area contributed by atoms with Crippen LogP contribution in [0.2, 0.25) is 0 Å². The van der Waals surface area contributed by atoms with E-state index < -0.39 is 0 Å². The summed E-state index contributed by atoms with van der Waals surface area (Å²) in [6.07, 6.45) is 4.24. The fourth-order valence-electron chi connectivity index (χ4n) is 5.28. The molecule has 0 spiro atoms. The molecule has 48 heavy (non-hydrogen) atoms. The Morgan fingerprint density at radius 3 is 0.750 bits per heavy atom. The van der Waals surface area contributed by atoms with Crippen molar-refractivity contribution < 1.29 is 32.7 Å². The number of hydrogen-bond donors (Lipinski definition) is 0. The summed E-state index contributed by atoms with van der Waals surface area (Å²) in [5.74, 6) is 0. The Labute approximate surface area is 316 Å². The van der Waals surface area contributed by atoms with Crippen LogP contribution >= 0.6 is 0 Å². The van der Waals surface area contributed by atoms with Gasteiger partial charge < -0.3 is 7.43 Å². The Morgan fingerprint density at radius 1 is 0.292 bits per heavy atom. The molecular formula is C47H51Y-. The van der Waals surface area contributed by atoms with Gasteiger partial charge in [0.2, 0.25) is 0 Å². The van der Waals surface area contributed by atoms with Crippen molar-refractivity contribution in [2.45, 2.75) is 41.5 Å². The van der Waals surface area contributed by atoms with Crippen LogP contribution in [-0.2, 0) is 32.7 Å². The van der Waals surface area contributed by atoms with E-state index in [1.807, 2.05) is 77.9 Å². The zero-order chi connectivity index (χ0) is 33.0. The summed E-state index contributed by atoms with van der Waals surface area (Å²) in [6.45, 7) is 12.0. The van der Waals surface area contributed by atoms with E-state index in [0.717, 1.165) is 0 Å². The first-order chi connectivity index (χ1) is 22.9. The molecular weight excluding hydrogens is 653 g/mol. The second-order valence-electron chi connectivity index (χ2n) is 9.73. The number of hydrogen-bond acceptors (Lipinski definition) is 0. The summed E-state index contributed by atoms with van der Waals surface area (Å²) in [5, 5.41) is 5.21. The Morgan fingerprint density at radius 2 is 0.500 bits per heavy atom. The molecule has 0 N–H and O–H groups in total. The number of fused-ring (bicyclic) bond motifs is 2. The summed E-state index contributed by atoms with van der Waals surface area (Å²) >= 11 is 0. The van der Waals surface area contributed by atoms with Crippen molar-refractivity contribution in [2.24, 2.45) is 0 Å². The monoisotopic (exact) mass is 704 g/mol. The fraction of sp³-hybridized carbons (Fsp3) is 0.128. The van der Waals surface area contributed by atoms with Crippen molar-refractivity contribution >= 4 is 33.7 Å². The van der Waals surface area contributed by atoms with E-state index in [4.69, 9.17) is 0 Å². The van der Waals surface area contributed by atoms with Crippen molar-refractivity contribution in [3.63, 3.8) is 0 Å². The van der Waals surface area contributed by atoms with Gasteiger partial charge in [0.15, 0.2) is 0 Å². The smallest absolute Gasteiger partial charge is 0 e. The molecule has 243 valence electrons. The van der Waals surface area contributed by atoms with E-state index in [0.29, 0.717) is 0 Å². The second kappa shape index (κ2) is 24.1. The van der Waals surface area contributed by atoms with E-state index in [9.17, 15) is 0 Å². The molecule has 0 fully saturated rings. The maximum Gasteiger partial charge on any atom is 0 e. The van der Waals surface area contributed by atoms with E-state index >= 15 is 0 Å². The maximum atomic E-state index is 2.25. The molecule has 1 heteroatoms. The molecule has 0 aliphatic heterocycles. The summed E-state index contributed by atoms with van der Waals surface area (Å²) in [7, 11) is 0. The maximum absolute atomic E-state index is 2.25. The van der Waals surface area contributed by atoms with Gasteiger partial charge in [-0.3, -0.25) is 0 Å². The van der Waals surface area contributed by atoms with E-state index in [1.54, 1.807) is 0 Å². The molecule has 0 heterocycles. The molecule has 7 aromatic carbocycles. The normalized spacial score (nSPS) is 9.46. The van der Waals surface area contributed by atoms with Crippen LogP contribution in [0, 0.1) is 7.43 Å². The molecule has 0 amide bonds. The van der Waals surface area contributed by atoms with Crippen molar-refractivity contribution in [2.75, 3.05) is 0 Å². The molecule has 0 unspecified atom stereocenters. The van der Waals surface area contributed by atoms with Crippen LogP contribution in [0.3, 0.4) is 0 Å². The van der Waals surface area contributed by atoms with Crippen LogP contribution in [0.5, 0.6) is 0 Å². The SMILES string of the molecule is C(=Cc1ccccc1)c1ccccc1.CC.CC.CC.[CH3-].[Y].c1ccc(-c2c3ccccc3c(-c3ccccc3)c3ccccc23)cc1. The molecule has 0 aliphatic carbocycles. The summed E-state index contributed by atoms with van der Waals surface area (Å²) in [4.78, 5) is 0. The van der Waals surface area contributed by atoms with E-state index in [1.165, 1.54) is 54.9 Å². The Balaban J connectivity index is 0.000000449. The molecule has 7 rings (SSSR count). The third-order valence-corrected chi connectivity index (χ3v) is 7.12. The third-order valence-electron chi connectivity index (χ3n) is 7.12. The molecule has 0 aromatic heterocycles. The van der Waals surface area contributed by atoms with Gasteiger partial charge in [0.05, 0.1) is 0 Å². The van der Waals surface area contributed by atoms with Gasteiger partial charge in [0.1, 0.15) is 0 Å². The Hall–Kier alpha value is -4.10. The van der Waals surface area contributed by atoms with Crippen LogP contribution in [0.4, 0.5) is 0 Å². The first kappa shape index (κ1) is 41.9. The molecule has 0 saturated heterocycles. The molecule has 1 radical (unpaired) electrons. The Bertz CT molecular complexity index is 1660. The molecule has 0 atom stereocenters. The summed E-state index contributed by atoms with van der Waals surface area (Å²) in [5.41, 5.74) is 7.62. The molecule has 0 saturated carbocycles. The minimum absolute atomic E-state index is 0. The van der Waals surface area contributed by atoms with Crippen LogP contribution in [0.25, 0.3) is 56.0 Å². The van der Waals surface area contributed by atoms with Gasteiger partial charge in [0.25, 0.3) is 0 Å². The van der Waals surface area contributed by atoms with Crippen molar-refractivity contribution in [3.05, 3.63) is 188 Å². The predicted molar refractivity (Wildman–Crippen MR) is 215 cm³/mol. The van der Waals surface area contributed by atoms with Gasteiger partial charge in [-0.25, -0.2) is 0 Å². The van der Waals surface area contributed by atoms with Gasteiger partial charge in [-0.1, -0.05) is 224 Å². The van der Waals surface area contributed by atoms with E-state index in [-0.39, 0.29) is 40.1 Å². The Kier molecular flexibility index (Phi) is 21.1. The van der Waals surface area contributed by atoms with Crippen LogP contribution in [0.1, 0.15) is 52.7 Å². The first-order valence-corrected chi connectivity index (χ1v) is 16.7. The van der Waals surface area contributed by atoms with Crippen molar-refractivity contribution in [3.8, 4) is 22.3 Å². The minimum atomic E-state index is 0. The van der Waals surface area contributed by atoms with Gasteiger partial charge in [0, 0.05) is 32.7 Å². The number of rotatable bonds is 4. The summed E-state index contributed by atoms with van der Waals surface area (Å²) in [6, 6.07) is 59.6. The van der Waals surface area contributed by atoms with E-state index in [2.05, 4.69) is 146 Å². The zero-order valence-electron chi connectivity index (χ0n) is 29.9. The second-order valence-corrected chi connectivity index (χ2v) is 9.73. The largest absolute Gasteiger partial charge is 0.358 e. The first-order valence-electron chi connectivity index (χ1n) is 16.7. The number of benzene rings is 7. The predicted octanol–water partition coefficient (Wildman–Crippen LogP) is 14.7. The zero-order valence-corrected chi connectivity index (χ0v) is 32.7. The summed E-state index contributed by atoms with van der Waals surface area (Å²) < 4.78 is 0. The van der Waals surface area contributed by atoms with Gasteiger partial charge in [-0.05, 0) is 54.9 Å². The van der Waals surface area contributed by atoms with Crippen LogP contribution in [-0.4, -0.2) is 0 Å². The average Bonchev–Trinajstić information content (AvgIpc) is 3.17.